The number of hydrogen-bond donors (Lipinski definition) is 3. The third kappa shape index (κ3) is 5.60. The molecule has 1 heterocycles. The zero-order valence-electron chi connectivity index (χ0n) is 15.4. The molecule has 1 aromatic carbocycles. The lowest BCUT2D eigenvalue weighted by Gasteiger charge is -2.12. The van der Waals surface area contributed by atoms with Gasteiger partial charge in [-0.25, -0.2) is 8.78 Å². The Morgan fingerprint density at radius 2 is 1.89 bits per heavy atom. The Labute approximate surface area is 156 Å². The monoisotopic (exact) mass is 378 g/mol. The van der Waals surface area contributed by atoms with Gasteiger partial charge in [0.25, 0.3) is 11.8 Å². The molecule has 0 saturated carbocycles. The molecule has 2 rings (SSSR count). The van der Waals surface area contributed by atoms with Gasteiger partial charge in [-0.05, 0) is 24.5 Å². The van der Waals surface area contributed by atoms with Crippen LogP contribution in [-0.4, -0.2) is 28.6 Å². The van der Waals surface area contributed by atoms with Crippen LogP contribution in [0.25, 0.3) is 0 Å². The number of carbonyl (C=O) groups excluding carboxylic acids is 2. The zero-order chi connectivity index (χ0) is 19.8. The summed E-state index contributed by atoms with van der Waals surface area (Å²) in [4.78, 5) is 24.5. The van der Waals surface area contributed by atoms with Gasteiger partial charge in [0.2, 0.25) is 0 Å². The smallest absolute Gasteiger partial charge is 0.271 e. The normalized spacial score (nSPS) is 11.9. The van der Waals surface area contributed by atoms with E-state index in [2.05, 4.69) is 27.8 Å². The fourth-order valence-corrected chi connectivity index (χ4v) is 2.65. The maximum atomic E-state index is 13.7. The summed E-state index contributed by atoms with van der Waals surface area (Å²) in [6.45, 7) is 4.66. The summed E-state index contributed by atoms with van der Waals surface area (Å²) in [6, 6.07) is 3.14. The molecule has 0 aliphatic rings. The van der Waals surface area contributed by atoms with Crippen molar-refractivity contribution in [1.29, 1.82) is 0 Å². The van der Waals surface area contributed by atoms with Gasteiger partial charge in [-0.1, -0.05) is 39.2 Å². The van der Waals surface area contributed by atoms with Crippen LogP contribution >= 0.6 is 0 Å². The fourth-order valence-electron chi connectivity index (χ4n) is 2.65. The molecule has 0 radical (unpaired) electrons. The number of anilines is 1. The number of H-pyrrole nitrogens is 1. The van der Waals surface area contributed by atoms with Crippen LogP contribution < -0.4 is 10.6 Å². The molecule has 8 heteroatoms. The van der Waals surface area contributed by atoms with Crippen LogP contribution in [0.1, 0.15) is 60.4 Å². The van der Waals surface area contributed by atoms with E-state index in [-0.39, 0.29) is 11.4 Å². The van der Waals surface area contributed by atoms with Crippen molar-refractivity contribution in [2.45, 2.75) is 39.5 Å². The van der Waals surface area contributed by atoms with Crippen LogP contribution in [0.5, 0.6) is 0 Å². The second kappa shape index (κ2) is 9.80. The topological polar surface area (TPSA) is 86.9 Å². The lowest BCUT2D eigenvalue weighted by molar-refractivity contribution is 0.0943. The number of hydrogen-bond acceptors (Lipinski definition) is 3. The van der Waals surface area contributed by atoms with E-state index in [0.29, 0.717) is 12.5 Å². The largest absolute Gasteiger partial charge is 0.350 e. The van der Waals surface area contributed by atoms with E-state index in [1.165, 1.54) is 12.3 Å². The van der Waals surface area contributed by atoms with E-state index in [1.807, 2.05) is 6.92 Å². The van der Waals surface area contributed by atoms with Gasteiger partial charge in [-0.15, -0.1) is 0 Å². The molecule has 6 nitrogen and oxygen atoms in total. The Kier molecular flexibility index (Phi) is 7.45. The summed E-state index contributed by atoms with van der Waals surface area (Å²) >= 11 is 0. The van der Waals surface area contributed by atoms with Crippen LogP contribution in [0, 0.1) is 17.6 Å². The van der Waals surface area contributed by atoms with Gasteiger partial charge >= 0.3 is 0 Å². The van der Waals surface area contributed by atoms with Gasteiger partial charge < -0.3 is 10.6 Å². The number of nitrogens with one attached hydrogen (secondary N) is 3. The van der Waals surface area contributed by atoms with Crippen molar-refractivity contribution >= 4 is 17.5 Å². The molecule has 27 heavy (non-hydrogen) atoms. The maximum absolute atomic E-state index is 13.7. The number of rotatable bonds is 9. The van der Waals surface area contributed by atoms with Gasteiger partial charge in [0.1, 0.15) is 22.9 Å². The first-order valence-electron chi connectivity index (χ1n) is 9.01. The van der Waals surface area contributed by atoms with E-state index in [1.54, 1.807) is 0 Å². The standard InChI is InChI=1S/C19H24F2N4O2/c1-3-4-5-7-12(2)10-22-19(27)17-15(11-23-25-17)24-18(26)16-13(20)8-6-9-14(16)21/h6,8-9,11-12H,3-5,7,10H2,1-2H3,(H,22,27)(H,23,25)(H,24,26). The molecule has 1 aromatic heterocycles. The second-order valence-corrected chi connectivity index (χ2v) is 6.52. The molecule has 146 valence electrons. The highest BCUT2D eigenvalue weighted by Crippen LogP contribution is 2.17. The number of aromatic nitrogens is 2. The number of benzene rings is 1. The molecule has 0 fully saturated rings. The molecule has 0 aliphatic heterocycles. The lowest BCUT2D eigenvalue weighted by atomic mass is 10.0. The van der Waals surface area contributed by atoms with Crippen LogP contribution in [0.15, 0.2) is 24.4 Å². The van der Waals surface area contributed by atoms with Crippen molar-refractivity contribution in [1.82, 2.24) is 15.5 Å². The Hall–Kier alpha value is -2.77. The molecule has 1 atom stereocenters. The van der Waals surface area contributed by atoms with Crippen molar-refractivity contribution in [3.05, 3.63) is 47.3 Å². The average molecular weight is 378 g/mol. The van der Waals surface area contributed by atoms with Crippen molar-refractivity contribution in [3.8, 4) is 0 Å². The Bertz CT molecular complexity index is 772. The predicted octanol–water partition coefficient (Wildman–Crippen LogP) is 3.89. The van der Waals surface area contributed by atoms with E-state index in [0.717, 1.165) is 37.8 Å². The molecule has 0 spiro atoms. The molecule has 1 unspecified atom stereocenters. The SMILES string of the molecule is CCCCCC(C)CNC(=O)c1[nH]ncc1NC(=O)c1c(F)cccc1F. The number of carbonyl (C=O) groups is 2. The highest BCUT2D eigenvalue weighted by molar-refractivity contribution is 6.08. The molecule has 0 bridgehead atoms. The third-order valence-corrected chi connectivity index (χ3v) is 4.22. The minimum Gasteiger partial charge on any atom is -0.350 e. The van der Waals surface area contributed by atoms with Gasteiger partial charge in [0.05, 0.1) is 11.9 Å². The van der Waals surface area contributed by atoms with Crippen LogP contribution in [0.2, 0.25) is 0 Å². The third-order valence-electron chi connectivity index (χ3n) is 4.22. The first kappa shape index (κ1) is 20.5. The minimum absolute atomic E-state index is 0.0286. The van der Waals surface area contributed by atoms with Crippen molar-refractivity contribution in [2.75, 3.05) is 11.9 Å². The summed E-state index contributed by atoms with van der Waals surface area (Å²) in [6.07, 6.45) is 5.62. The Morgan fingerprint density at radius 3 is 2.56 bits per heavy atom. The number of aromatic amines is 1. The molecule has 3 N–H and O–H groups in total. The first-order chi connectivity index (χ1) is 12.9. The molecule has 0 saturated heterocycles. The maximum Gasteiger partial charge on any atom is 0.271 e. The van der Waals surface area contributed by atoms with Crippen LogP contribution in [0.3, 0.4) is 0 Å². The van der Waals surface area contributed by atoms with Crippen LogP contribution in [-0.2, 0) is 0 Å². The van der Waals surface area contributed by atoms with E-state index < -0.39 is 29.0 Å². The molecule has 2 amide bonds. The number of unbranched alkanes of at least 4 members (excludes halogenated alkanes) is 2. The van der Waals surface area contributed by atoms with Gasteiger partial charge in [-0.2, -0.15) is 5.10 Å². The van der Waals surface area contributed by atoms with E-state index >= 15 is 0 Å². The van der Waals surface area contributed by atoms with Gasteiger partial charge in [-0.3, -0.25) is 14.7 Å². The molecule has 0 aliphatic carbocycles. The van der Waals surface area contributed by atoms with Crippen LogP contribution in [0.4, 0.5) is 14.5 Å². The second-order valence-electron chi connectivity index (χ2n) is 6.52. The van der Waals surface area contributed by atoms with Crippen molar-refractivity contribution in [3.63, 3.8) is 0 Å². The number of halogens is 2. The van der Waals surface area contributed by atoms with E-state index in [4.69, 9.17) is 0 Å². The first-order valence-corrected chi connectivity index (χ1v) is 9.01. The molecule has 2 aromatic rings. The zero-order valence-corrected chi connectivity index (χ0v) is 15.4. The summed E-state index contributed by atoms with van der Waals surface area (Å²) < 4.78 is 27.4. The Balaban J connectivity index is 1.99. The van der Waals surface area contributed by atoms with Gasteiger partial charge in [0.15, 0.2) is 0 Å². The molecular weight excluding hydrogens is 354 g/mol. The van der Waals surface area contributed by atoms with Crippen molar-refractivity contribution in [2.24, 2.45) is 5.92 Å². The molecular formula is C19H24F2N4O2. The Morgan fingerprint density at radius 1 is 1.19 bits per heavy atom. The quantitative estimate of drug-likeness (QED) is 0.579. The lowest BCUT2D eigenvalue weighted by Crippen LogP contribution is -2.29. The predicted molar refractivity (Wildman–Crippen MR) is 98.5 cm³/mol. The number of amides is 2. The minimum atomic E-state index is -0.992. The number of nitrogens with zero attached hydrogens (tertiary/aromatic N) is 1. The average Bonchev–Trinajstić information content (AvgIpc) is 3.08. The summed E-state index contributed by atoms with van der Waals surface area (Å²) in [7, 11) is 0. The van der Waals surface area contributed by atoms with E-state index in [9.17, 15) is 18.4 Å². The highest BCUT2D eigenvalue weighted by Gasteiger charge is 2.21. The summed E-state index contributed by atoms with van der Waals surface area (Å²) in [5, 5.41) is 11.3. The van der Waals surface area contributed by atoms with Gasteiger partial charge in [0, 0.05) is 6.54 Å². The summed E-state index contributed by atoms with van der Waals surface area (Å²) in [5.74, 6) is -3.09. The van der Waals surface area contributed by atoms with Crippen molar-refractivity contribution < 1.29 is 18.4 Å². The highest BCUT2D eigenvalue weighted by atomic mass is 19.1. The summed E-state index contributed by atoms with van der Waals surface area (Å²) in [5.41, 5.74) is -0.630. The fraction of sp³-hybridized carbons (Fsp3) is 0.421.